The van der Waals surface area contributed by atoms with Crippen LogP contribution < -0.4 is 10.6 Å². The van der Waals surface area contributed by atoms with Crippen molar-refractivity contribution in [1.82, 2.24) is 15.5 Å². The monoisotopic (exact) mass is 423 g/mol. The first kappa shape index (κ1) is 22.2. The number of nitrogens with zero attached hydrogens (tertiary/aromatic N) is 1. The number of amides is 3. The van der Waals surface area contributed by atoms with Gasteiger partial charge in [0.05, 0.1) is 0 Å². The van der Waals surface area contributed by atoms with E-state index in [-0.39, 0.29) is 23.6 Å². The number of halogens is 1. The average molecular weight is 423 g/mol. The van der Waals surface area contributed by atoms with E-state index < -0.39 is 11.9 Å². The molecule has 2 N–H and O–H groups in total. The molecule has 0 aromatic heterocycles. The molecule has 31 heavy (non-hydrogen) atoms. The molecule has 0 radical (unpaired) electrons. The maximum atomic E-state index is 13.5. The molecule has 1 atom stereocenters. The number of rotatable bonds is 7. The predicted octanol–water partition coefficient (Wildman–Crippen LogP) is 2.78. The van der Waals surface area contributed by atoms with Crippen molar-refractivity contribution in [3.8, 4) is 0 Å². The average Bonchev–Trinajstić information content (AvgIpc) is 2.81. The van der Waals surface area contributed by atoms with Crippen LogP contribution in [0.1, 0.15) is 33.6 Å². The number of likely N-dealkylation sites (tertiary alicyclic amines) is 1. The molecule has 1 fully saturated rings. The van der Waals surface area contributed by atoms with Crippen LogP contribution in [0.3, 0.4) is 0 Å². The summed E-state index contributed by atoms with van der Waals surface area (Å²) in [6.45, 7) is 4.75. The lowest BCUT2D eigenvalue weighted by Gasteiger charge is -2.35. The molecule has 1 unspecified atom stereocenters. The number of hydrogen-bond acceptors (Lipinski definition) is 3. The highest BCUT2D eigenvalue weighted by Gasteiger charge is 2.34. The van der Waals surface area contributed by atoms with Gasteiger partial charge in [-0.1, -0.05) is 30.3 Å². The van der Waals surface area contributed by atoms with Gasteiger partial charge in [-0.25, -0.2) is 4.39 Å². The maximum absolute atomic E-state index is 13.5. The lowest BCUT2D eigenvalue weighted by Crippen LogP contribution is -2.53. The Labute approximate surface area is 181 Å². The van der Waals surface area contributed by atoms with E-state index in [0.717, 1.165) is 0 Å². The molecule has 6 nitrogen and oxygen atoms in total. The molecule has 1 aliphatic rings. The van der Waals surface area contributed by atoms with E-state index in [2.05, 4.69) is 17.2 Å². The smallest absolute Gasteiger partial charge is 0.253 e. The topological polar surface area (TPSA) is 78.5 Å². The van der Waals surface area contributed by atoms with Crippen LogP contribution in [-0.4, -0.2) is 48.3 Å². The molecule has 2 aromatic carbocycles. The Hall–Kier alpha value is -3.48. The van der Waals surface area contributed by atoms with Crippen LogP contribution in [0.2, 0.25) is 0 Å². The second-order valence-corrected chi connectivity index (χ2v) is 7.49. The Kier molecular flexibility index (Phi) is 7.54. The van der Waals surface area contributed by atoms with Gasteiger partial charge in [0.25, 0.3) is 11.8 Å². The number of benzene rings is 2. The summed E-state index contributed by atoms with van der Waals surface area (Å²) in [5.41, 5.74) is 0.777. The van der Waals surface area contributed by atoms with Gasteiger partial charge in [0.2, 0.25) is 5.91 Å². The third-order valence-corrected chi connectivity index (χ3v) is 5.40. The van der Waals surface area contributed by atoms with E-state index in [1.54, 1.807) is 41.3 Å². The van der Waals surface area contributed by atoms with Crippen LogP contribution in [0.25, 0.3) is 0 Å². The minimum atomic E-state index is -0.723. The fourth-order valence-corrected chi connectivity index (χ4v) is 3.73. The second kappa shape index (κ2) is 10.5. The molecule has 3 amide bonds. The number of piperidine rings is 1. The summed E-state index contributed by atoms with van der Waals surface area (Å²) < 4.78 is 13.5. The molecule has 0 bridgehead atoms. The van der Waals surface area contributed by atoms with E-state index in [0.29, 0.717) is 43.6 Å². The summed E-state index contributed by atoms with van der Waals surface area (Å²) in [4.78, 5) is 39.7. The summed E-state index contributed by atoms with van der Waals surface area (Å²) in [6.07, 6.45) is 2.67. The molecule has 0 saturated carbocycles. The first-order chi connectivity index (χ1) is 15.0. The molecule has 1 heterocycles. The molecule has 0 aliphatic carbocycles. The fourth-order valence-electron chi connectivity index (χ4n) is 3.73. The Balaban J connectivity index is 1.67. The highest BCUT2D eigenvalue weighted by atomic mass is 19.1. The third-order valence-electron chi connectivity index (χ3n) is 5.40. The standard InChI is InChI=1S/C24H26FN3O3/c1-2-13-26-23(30)21(27-22(29)18-7-4-3-5-8-18)17-11-14-28(15-12-17)24(31)19-9-6-10-20(25)16-19/h2-10,16-17,21H,1,11-15H2,(H,26,30)(H,27,29). The van der Waals surface area contributed by atoms with Gasteiger partial charge in [-0.3, -0.25) is 14.4 Å². The van der Waals surface area contributed by atoms with Crippen LogP contribution >= 0.6 is 0 Å². The van der Waals surface area contributed by atoms with Gasteiger partial charge in [-0.2, -0.15) is 0 Å². The van der Waals surface area contributed by atoms with Crippen molar-refractivity contribution in [3.05, 3.63) is 84.2 Å². The van der Waals surface area contributed by atoms with Crippen LogP contribution in [0.5, 0.6) is 0 Å². The van der Waals surface area contributed by atoms with Gasteiger partial charge in [0, 0.05) is 30.8 Å². The van der Waals surface area contributed by atoms with Gasteiger partial charge in [0.15, 0.2) is 0 Å². The Morgan fingerprint density at radius 2 is 1.74 bits per heavy atom. The zero-order valence-electron chi connectivity index (χ0n) is 17.2. The summed E-state index contributed by atoms with van der Waals surface area (Å²) in [5.74, 6) is -1.42. The molecular weight excluding hydrogens is 397 g/mol. The van der Waals surface area contributed by atoms with Gasteiger partial charge >= 0.3 is 0 Å². The van der Waals surface area contributed by atoms with E-state index >= 15 is 0 Å². The largest absolute Gasteiger partial charge is 0.351 e. The van der Waals surface area contributed by atoms with Gasteiger partial charge in [-0.05, 0) is 49.1 Å². The fraction of sp³-hybridized carbons (Fsp3) is 0.292. The van der Waals surface area contributed by atoms with Crippen molar-refractivity contribution in [3.63, 3.8) is 0 Å². The Bertz CT molecular complexity index is 940. The summed E-state index contributed by atoms with van der Waals surface area (Å²) >= 11 is 0. The highest BCUT2D eigenvalue weighted by Crippen LogP contribution is 2.23. The van der Waals surface area contributed by atoms with Gasteiger partial charge in [0.1, 0.15) is 11.9 Å². The number of nitrogens with one attached hydrogen (secondary N) is 2. The Morgan fingerprint density at radius 1 is 1.06 bits per heavy atom. The highest BCUT2D eigenvalue weighted by molar-refractivity contribution is 5.97. The van der Waals surface area contributed by atoms with Gasteiger partial charge in [-0.15, -0.1) is 6.58 Å². The summed E-state index contributed by atoms with van der Waals surface area (Å²) in [5, 5.41) is 5.62. The quantitative estimate of drug-likeness (QED) is 0.673. The molecule has 1 aliphatic heterocycles. The summed E-state index contributed by atoms with van der Waals surface area (Å²) in [7, 11) is 0. The van der Waals surface area contributed by atoms with E-state index in [1.807, 2.05) is 6.07 Å². The molecule has 162 valence electrons. The molecule has 1 saturated heterocycles. The van der Waals surface area contributed by atoms with Crippen molar-refractivity contribution in [1.29, 1.82) is 0 Å². The lowest BCUT2D eigenvalue weighted by atomic mass is 9.88. The van der Waals surface area contributed by atoms with Gasteiger partial charge < -0.3 is 15.5 Å². The molecule has 0 spiro atoms. The zero-order chi connectivity index (χ0) is 22.2. The first-order valence-electron chi connectivity index (χ1n) is 10.3. The van der Waals surface area contributed by atoms with Crippen molar-refractivity contribution >= 4 is 17.7 Å². The number of hydrogen-bond donors (Lipinski definition) is 2. The molecular formula is C24H26FN3O3. The van der Waals surface area contributed by atoms with E-state index in [1.165, 1.54) is 18.2 Å². The van der Waals surface area contributed by atoms with E-state index in [9.17, 15) is 18.8 Å². The minimum absolute atomic E-state index is 0.131. The van der Waals surface area contributed by atoms with Crippen molar-refractivity contribution in [2.45, 2.75) is 18.9 Å². The molecule has 3 rings (SSSR count). The number of carbonyl (C=O) groups excluding carboxylic acids is 3. The third kappa shape index (κ3) is 5.78. The SMILES string of the molecule is C=CCNC(=O)C(NC(=O)c1ccccc1)C1CCN(C(=O)c2cccc(F)c2)CC1. The van der Waals surface area contributed by atoms with Crippen LogP contribution in [0.15, 0.2) is 67.3 Å². The second-order valence-electron chi connectivity index (χ2n) is 7.49. The first-order valence-corrected chi connectivity index (χ1v) is 10.3. The lowest BCUT2D eigenvalue weighted by molar-refractivity contribution is -0.124. The number of carbonyl (C=O) groups is 3. The minimum Gasteiger partial charge on any atom is -0.351 e. The van der Waals surface area contributed by atoms with E-state index in [4.69, 9.17) is 0 Å². The predicted molar refractivity (Wildman–Crippen MR) is 116 cm³/mol. The van der Waals surface area contributed by atoms with Crippen molar-refractivity contribution in [2.24, 2.45) is 5.92 Å². The van der Waals surface area contributed by atoms with Crippen LogP contribution in [0, 0.1) is 11.7 Å². The maximum Gasteiger partial charge on any atom is 0.253 e. The Morgan fingerprint density at radius 3 is 2.39 bits per heavy atom. The van der Waals surface area contributed by atoms with Crippen LogP contribution in [0.4, 0.5) is 4.39 Å². The van der Waals surface area contributed by atoms with Crippen molar-refractivity contribution < 1.29 is 18.8 Å². The zero-order valence-corrected chi connectivity index (χ0v) is 17.2. The molecule has 7 heteroatoms. The van der Waals surface area contributed by atoms with Crippen LogP contribution in [-0.2, 0) is 4.79 Å². The van der Waals surface area contributed by atoms with Crippen molar-refractivity contribution in [2.75, 3.05) is 19.6 Å². The normalized spacial score (nSPS) is 15.1. The molecule has 2 aromatic rings. The summed E-state index contributed by atoms with van der Waals surface area (Å²) in [6, 6.07) is 13.6.